The van der Waals surface area contributed by atoms with Crippen molar-refractivity contribution in [3.63, 3.8) is 0 Å². The highest BCUT2D eigenvalue weighted by atomic mass is 32.2. The van der Waals surface area contributed by atoms with Crippen LogP contribution in [0.15, 0.2) is 12.7 Å². The Kier molecular flexibility index (Phi) is 14.8. The first kappa shape index (κ1) is 28.3. The van der Waals surface area contributed by atoms with Gasteiger partial charge in [-0.05, 0) is 12.8 Å². The molecule has 0 saturated heterocycles. The van der Waals surface area contributed by atoms with E-state index in [4.69, 9.17) is 10.3 Å². The van der Waals surface area contributed by atoms with E-state index in [0.717, 1.165) is 0 Å². The molecular weight excluding hydrogens is 414 g/mol. The number of nitrogens with two attached hydrogens (primary N) is 1. The fraction of sp³-hybridized carbons (Fsp3) is 0.857. The van der Waals surface area contributed by atoms with Crippen molar-refractivity contribution in [3.05, 3.63) is 12.7 Å². The lowest BCUT2D eigenvalue weighted by atomic mass is 9.98. The highest BCUT2D eigenvalue weighted by Crippen LogP contribution is 2.27. The van der Waals surface area contributed by atoms with Crippen LogP contribution in [0.5, 0.6) is 0 Å². The molecule has 0 amide bonds. The molecule has 0 radical (unpaired) electrons. The van der Waals surface area contributed by atoms with Gasteiger partial charge in [0.1, 0.15) is 11.9 Å². The number of halogens is 8. The number of hydrogen-bond acceptors (Lipinski definition) is 3. The highest BCUT2D eigenvalue weighted by Gasteiger charge is 2.46. The van der Waals surface area contributed by atoms with Crippen molar-refractivity contribution >= 4 is 10.1 Å². The molecule has 4 nitrogen and oxygen atoms in total. The minimum Gasteiger partial charge on any atom is -0.327 e. The van der Waals surface area contributed by atoms with Crippen LogP contribution >= 0.6 is 0 Å². The van der Waals surface area contributed by atoms with Gasteiger partial charge in [-0.25, -0.2) is 30.7 Å². The van der Waals surface area contributed by atoms with Gasteiger partial charge in [0.15, 0.2) is 37.0 Å². The van der Waals surface area contributed by atoms with Crippen molar-refractivity contribution < 1.29 is 48.1 Å². The van der Waals surface area contributed by atoms with Gasteiger partial charge in [-0.1, -0.05) is 6.08 Å². The van der Waals surface area contributed by atoms with E-state index in [1.54, 1.807) is 6.08 Å². The van der Waals surface area contributed by atoms with Crippen LogP contribution in [0.25, 0.3) is 0 Å². The summed E-state index contributed by atoms with van der Waals surface area (Å²) in [6.07, 6.45) is -23.1. The number of hydrogen-bond donors (Lipinski definition) is 2. The Balaban J connectivity index is 0. The third kappa shape index (κ3) is 12.2. The first-order valence-electron chi connectivity index (χ1n) is 7.64. The third-order valence-corrected chi connectivity index (χ3v) is 3.80. The number of alkyl halides is 8. The standard InChI is InChI=1S/C11H16F8O3S.C3H7N/c12-3-1-2-5(13)7(15)9(17)11(19)10(18)8(16)6(14)4-23(20,21)22;1-2-3-4/h5-11H,1-4H2,(H,20,21,22);2H,1,3-4H2. The maximum atomic E-state index is 13.3. The fourth-order valence-electron chi connectivity index (χ4n) is 1.65. The minimum absolute atomic E-state index is 0.503. The third-order valence-electron chi connectivity index (χ3n) is 3.06. The quantitative estimate of drug-likeness (QED) is 0.279. The second-order valence-corrected chi connectivity index (χ2v) is 6.86. The van der Waals surface area contributed by atoms with Crippen molar-refractivity contribution in [3.8, 4) is 0 Å². The molecule has 0 aliphatic carbocycles. The lowest BCUT2D eigenvalue weighted by molar-refractivity contribution is -0.0337. The summed E-state index contributed by atoms with van der Waals surface area (Å²) in [6, 6.07) is 0. The molecule has 0 aliphatic heterocycles. The van der Waals surface area contributed by atoms with Crippen molar-refractivity contribution in [2.75, 3.05) is 19.0 Å². The molecule has 0 spiro atoms. The topological polar surface area (TPSA) is 80.4 Å². The van der Waals surface area contributed by atoms with E-state index in [0.29, 0.717) is 6.54 Å². The van der Waals surface area contributed by atoms with Crippen LogP contribution in [0, 0.1) is 0 Å². The first-order chi connectivity index (χ1) is 12.3. The molecule has 0 saturated carbocycles. The molecule has 0 rings (SSSR count). The Labute approximate surface area is 152 Å². The van der Waals surface area contributed by atoms with Crippen LogP contribution in [-0.4, -0.2) is 75.1 Å². The van der Waals surface area contributed by atoms with Crippen molar-refractivity contribution in [2.45, 2.75) is 56.0 Å². The molecule has 7 unspecified atom stereocenters. The van der Waals surface area contributed by atoms with E-state index in [9.17, 15) is 43.5 Å². The zero-order valence-electron chi connectivity index (χ0n) is 14.1. The Bertz CT molecular complexity index is 499. The molecule has 3 N–H and O–H groups in total. The average Bonchev–Trinajstić information content (AvgIpc) is 2.61. The molecule has 27 heavy (non-hydrogen) atoms. The van der Waals surface area contributed by atoms with Crippen LogP contribution < -0.4 is 5.73 Å². The zero-order valence-corrected chi connectivity index (χ0v) is 15.0. The summed E-state index contributed by atoms with van der Waals surface area (Å²) < 4.78 is 133. The predicted octanol–water partition coefficient (Wildman–Crippen LogP) is 3.12. The van der Waals surface area contributed by atoms with Gasteiger partial charge >= 0.3 is 0 Å². The zero-order chi connectivity index (χ0) is 21.8. The summed E-state index contributed by atoms with van der Waals surface area (Å²) >= 11 is 0. The van der Waals surface area contributed by atoms with E-state index >= 15 is 0 Å². The summed E-state index contributed by atoms with van der Waals surface area (Å²) in [6.45, 7) is 2.88. The Morgan fingerprint density at radius 1 is 0.889 bits per heavy atom. The van der Waals surface area contributed by atoms with Gasteiger partial charge in [0.25, 0.3) is 10.1 Å². The van der Waals surface area contributed by atoms with Crippen LogP contribution in [-0.2, 0) is 10.1 Å². The fourth-order valence-corrected chi connectivity index (χ4v) is 2.24. The second-order valence-electron chi connectivity index (χ2n) is 5.36. The normalized spacial score (nSPS) is 19.6. The maximum Gasteiger partial charge on any atom is 0.267 e. The summed E-state index contributed by atoms with van der Waals surface area (Å²) in [4.78, 5) is 0. The van der Waals surface area contributed by atoms with E-state index in [1.807, 2.05) is 0 Å². The van der Waals surface area contributed by atoms with Gasteiger partial charge in [-0.2, -0.15) is 8.42 Å². The van der Waals surface area contributed by atoms with Crippen LogP contribution in [0.4, 0.5) is 35.1 Å². The van der Waals surface area contributed by atoms with Crippen LogP contribution in [0.2, 0.25) is 0 Å². The van der Waals surface area contributed by atoms with Gasteiger partial charge in [-0.15, -0.1) is 6.58 Å². The lowest BCUT2D eigenvalue weighted by Gasteiger charge is -2.25. The molecule has 0 aromatic heterocycles. The van der Waals surface area contributed by atoms with Crippen LogP contribution in [0.1, 0.15) is 12.8 Å². The number of rotatable bonds is 12. The van der Waals surface area contributed by atoms with E-state index < -0.39 is 78.6 Å². The highest BCUT2D eigenvalue weighted by molar-refractivity contribution is 7.85. The van der Waals surface area contributed by atoms with Crippen molar-refractivity contribution in [1.29, 1.82) is 0 Å². The van der Waals surface area contributed by atoms with Gasteiger partial charge in [0, 0.05) is 6.54 Å². The first-order valence-corrected chi connectivity index (χ1v) is 9.25. The van der Waals surface area contributed by atoms with Gasteiger partial charge in [0.05, 0.1) is 6.67 Å². The predicted molar refractivity (Wildman–Crippen MR) is 85.1 cm³/mol. The van der Waals surface area contributed by atoms with Crippen molar-refractivity contribution in [1.82, 2.24) is 0 Å². The summed E-state index contributed by atoms with van der Waals surface area (Å²) in [5, 5.41) is 0. The smallest absolute Gasteiger partial charge is 0.267 e. The monoisotopic (exact) mass is 437 g/mol. The molecule has 0 fully saturated rings. The summed E-state index contributed by atoms with van der Waals surface area (Å²) in [5.74, 6) is -1.92. The molecule has 164 valence electrons. The van der Waals surface area contributed by atoms with Gasteiger partial charge in [0.2, 0.25) is 0 Å². The summed E-state index contributed by atoms with van der Waals surface area (Å²) in [7, 11) is -5.06. The Hall–Kier alpha value is -0.950. The average molecular weight is 437 g/mol. The van der Waals surface area contributed by atoms with E-state index in [2.05, 4.69) is 6.58 Å². The van der Waals surface area contributed by atoms with Gasteiger partial charge < -0.3 is 5.73 Å². The SMILES string of the molecule is C=CCN.O=S(=O)(O)CC(F)C(F)C(F)C(F)C(F)C(F)C(F)CCCF. The summed E-state index contributed by atoms with van der Waals surface area (Å²) in [5.41, 5.74) is 4.91. The van der Waals surface area contributed by atoms with Gasteiger partial charge in [-0.3, -0.25) is 8.94 Å². The molecule has 0 aromatic carbocycles. The molecular formula is C14H23F8NO3S. The van der Waals surface area contributed by atoms with Crippen LogP contribution in [0.3, 0.4) is 0 Å². The Morgan fingerprint density at radius 2 is 1.26 bits per heavy atom. The molecule has 0 aliphatic rings. The minimum atomic E-state index is -5.06. The molecule has 0 heterocycles. The molecule has 0 bridgehead atoms. The second kappa shape index (κ2) is 14.1. The largest absolute Gasteiger partial charge is 0.327 e. The van der Waals surface area contributed by atoms with Crippen molar-refractivity contribution in [2.24, 2.45) is 5.73 Å². The maximum absolute atomic E-state index is 13.3. The molecule has 0 aromatic rings. The lowest BCUT2D eigenvalue weighted by Crippen LogP contribution is -2.46. The Morgan fingerprint density at radius 3 is 1.59 bits per heavy atom. The molecule has 13 heteroatoms. The van der Waals surface area contributed by atoms with E-state index in [-0.39, 0.29) is 0 Å². The molecule has 7 atom stereocenters. The van der Waals surface area contributed by atoms with E-state index in [1.165, 1.54) is 0 Å².